The number of aromatic nitrogens is 1. The Morgan fingerprint density at radius 1 is 1.21 bits per heavy atom. The fraction of sp³-hybridized carbons (Fsp3) is 0.455. The third-order valence-corrected chi connectivity index (χ3v) is 6.37. The molecule has 1 aliphatic carbocycles. The molecule has 4 heterocycles. The van der Waals surface area contributed by atoms with E-state index in [1.54, 1.807) is 29.6 Å². The van der Waals surface area contributed by atoms with Gasteiger partial charge in [-0.05, 0) is 31.9 Å². The molecule has 152 valence electrons. The first-order valence-corrected chi connectivity index (χ1v) is 10.3. The van der Waals surface area contributed by atoms with Gasteiger partial charge >= 0.3 is 0 Å². The van der Waals surface area contributed by atoms with Crippen molar-refractivity contribution in [3.63, 3.8) is 0 Å². The smallest absolute Gasteiger partial charge is 0.272 e. The first-order valence-electron chi connectivity index (χ1n) is 10.3. The van der Waals surface area contributed by atoms with Gasteiger partial charge in [0.25, 0.3) is 5.91 Å². The lowest BCUT2D eigenvalue weighted by Gasteiger charge is -2.44. The average molecular weight is 395 g/mol. The van der Waals surface area contributed by atoms with Crippen molar-refractivity contribution in [3.8, 4) is 0 Å². The van der Waals surface area contributed by atoms with Gasteiger partial charge in [-0.25, -0.2) is 0 Å². The second-order valence-corrected chi connectivity index (χ2v) is 8.34. The van der Waals surface area contributed by atoms with Crippen LogP contribution in [0.5, 0.6) is 0 Å². The number of carbonyl (C=O) groups excluding carboxylic acids is 2. The molecule has 0 bridgehead atoms. The van der Waals surface area contributed by atoms with Crippen LogP contribution in [-0.2, 0) is 17.9 Å². The van der Waals surface area contributed by atoms with E-state index in [2.05, 4.69) is 5.32 Å². The number of amides is 2. The molecular formula is C22H25N3O4. The molecule has 0 unspecified atom stereocenters. The molecule has 1 aliphatic heterocycles. The molecule has 0 spiro atoms. The van der Waals surface area contributed by atoms with Crippen molar-refractivity contribution in [1.82, 2.24) is 14.8 Å². The molecule has 3 aromatic rings. The molecule has 2 amide bonds. The van der Waals surface area contributed by atoms with Crippen molar-refractivity contribution >= 4 is 22.9 Å². The van der Waals surface area contributed by atoms with Gasteiger partial charge in [-0.3, -0.25) is 9.59 Å². The Hall–Kier alpha value is -2.96. The van der Waals surface area contributed by atoms with Crippen LogP contribution in [0.25, 0.3) is 11.1 Å². The molecule has 5 rings (SSSR count). The molecule has 0 radical (unpaired) electrons. The normalized spacial score (nSPS) is 22.8. The maximum Gasteiger partial charge on any atom is 0.272 e. The van der Waals surface area contributed by atoms with Crippen LogP contribution in [0.2, 0.25) is 0 Å². The Morgan fingerprint density at radius 2 is 2.03 bits per heavy atom. The quantitative estimate of drug-likeness (QED) is 0.731. The van der Waals surface area contributed by atoms with Crippen molar-refractivity contribution in [2.24, 2.45) is 0 Å². The standard InChI is InChI=1S/C22H25N3O4/c1-22(21(27)23-15-6-3-2-4-7-15)14-24-17-9-11-29-19(17)12-18(24)20(26)25(22)13-16-8-5-10-28-16/h5,8-12,15H,2-4,6-7,13-14H2,1H3,(H,23,27)/t22-/m1/s1. The van der Waals surface area contributed by atoms with Crippen LogP contribution in [-0.4, -0.2) is 32.9 Å². The van der Waals surface area contributed by atoms with E-state index in [1.807, 2.05) is 23.6 Å². The highest BCUT2D eigenvalue weighted by Crippen LogP contribution is 2.34. The Balaban J connectivity index is 1.53. The fourth-order valence-corrected chi connectivity index (χ4v) is 4.67. The zero-order valence-electron chi connectivity index (χ0n) is 16.5. The average Bonchev–Trinajstić information content (AvgIpc) is 3.45. The summed E-state index contributed by atoms with van der Waals surface area (Å²) in [6, 6.07) is 7.39. The van der Waals surface area contributed by atoms with E-state index in [-0.39, 0.29) is 24.4 Å². The number of nitrogens with one attached hydrogen (secondary N) is 1. The number of hydrogen-bond donors (Lipinski definition) is 1. The molecule has 0 saturated heterocycles. The summed E-state index contributed by atoms with van der Waals surface area (Å²) in [5.74, 6) is 0.347. The highest BCUT2D eigenvalue weighted by Gasteiger charge is 2.48. The SMILES string of the molecule is C[C@]1(C(=O)NC2CCCCC2)Cn2c(cc3occc32)C(=O)N1Cc1ccco1. The molecule has 0 aromatic carbocycles. The predicted molar refractivity (Wildman–Crippen MR) is 106 cm³/mol. The van der Waals surface area contributed by atoms with Crippen LogP contribution < -0.4 is 5.32 Å². The highest BCUT2D eigenvalue weighted by atomic mass is 16.3. The summed E-state index contributed by atoms with van der Waals surface area (Å²) in [4.78, 5) is 28.6. The van der Waals surface area contributed by atoms with Gasteiger partial charge in [0, 0.05) is 18.2 Å². The van der Waals surface area contributed by atoms with Gasteiger partial charge in [-0.2, -0.15) is 0 Å². The first-order chi connectivity index (χ1) is 14.1. The number of nitrogens with zero attached hydrogens (tertiary/aromatic N) is 2. The number of furan rings is 2. The van der Waals surface area contributed by atoms with Crippen molar-refractivity contribution in [1.29, 1.82) is 0 Å². The number of rotatable bonds is 4. The maximum atomic E-state index is 13.5. The summed E-state index contributed by atoms with van der Waals surface area (Å²) >= 11 is 0. The molecule has 3 aromatic heterocycles. The molecule has 1 saturated carbocycles. The van der Waals surface area contributed by atoms with Crippen molar-refractivity contribution in [2.45, 2.75) is 63.7 Å². The number of carbonyl (C=O) groups is 2. The maximum absolute atomic E-state index is 13.5. The van der Waals surface area contributed by atoms with Gasteiger partial charge in [-0.1, -0.05) is 19.3 Å². The summed E-state index contributed by atoms with van der Waals surface area (Å²) in [5, 5.41) is 3.22. The lowest BCUT2D eigenvalue weighted by molar-refractivity contribution is -0.134. The van der Waals surface area contributed by atoms with Gasteiger partial charge in [0.15, 0.2) is 5.58 Å². The minimum absolute atomic E-state index is 0.111. The van der Waals surface area contributed by atoms with E-state index in [4.69, 9.17) is 8.83 Å². The molecule has 7 nitrogen and oxygen atoms in total. The van der Waals surface area contributed by atoms with Crippen molar-refractivity contribution in [3.05, 3.63) is 48.2 Å². The van der Waals surface area contributed by atoms with Crippen LogP contribution >= 0.6 is 0 Å². The first kappa shape index (κ1) is 18.1. The molecule has 29 heavy (non-hydrogen) atoms. The van der Waals surface area contributed by atoms with E-state index in [9.17, 15) is 9.59 Å². The summed E-state index contributed by atoms with van der Waals surface area (Å²) in [7, 11) is 0. The fourth-order valence-electron chi connectivity index (χ4n) is 4.67. The van der Waals surface area contributed by atoms with E-state index in [0.29, 0.717) is 23.6 Å². The second-order valence-electron chi connectivity index (χ2n) is 8.34. The Kier molecular flexibility index (Phi) is 4.26. The van der Waals surface area contributed by atoms with E-state index in [1.165, 1.54) is 6.42 Å². The van der Waals surface area contributed by atoms with Gasteiger partial charge in [0.2, 0.25) is 5.91 Å². The highest BCUT2D eigenvalue weighted by molar-refractivity contribution is 6.02. The van der Waals surface area contributed by atoms with Gasteiger partial charge in [0.1, 0.15) is 17.0 Å². The van der Waals surface area contributed by atoms with Crippen LogP contribution in [0.3, 0.4) is 0 Å². The number of hydrogen-bond acceptors (Lipinski definition) is 4. The Labute approximate surface area is 168 Å². The third kappa shape index (κ3) is 2.96. The zero-order chi connectivity index (χ0) is 20.0. The summed E-state index contributed by atoms with van der Waals surface area (Å²) in [5.41, 5.74) is 0.997. The molecule has 1 N–H and O–H groups in total. The van der Waals surface area contributed by atoms with Crippen LogP contribution in [0, 0.1) is 0 Å². The molecule has 1 fully saturated rings. The summed E-state index contributed by atoms with van der Waals surface area (Å²) in [6.07, 6.45) is 8.67. The van der Waals surface area contributed by atoms with Gasteiger partial charge in [-0.15, -0.1) is 0 Å². The van der Waals surface area contributed by atoms with Crippen molar-refractivity contribution < 1.29 is 18.4 Å². The monoisotopic (exact) mass is 395 g/mol. The van der Waals surface area contributed by atoms with Crippen LogP contribution in [0.4, 0.5) is 0 Å². The van der Waals surface area contributed by atoms with Gasteiger partial charge < -0.3 is 23.6 Å². The predicted octanol–water partition coefficient (Wildman–Crippen LogP) is 3.69. The molecular weight excluding hydrogens is 370 g/mol. The summed E-state index contributed by atoms with van der Waals surface area (Å²) < 4.78 is 12.9. The van der Waals surface area contributed by atoms with Crippen LogP contribution in [0.15, 0.2) is 45.6 Å². The van der Waals surface area contributed by atoms with Crippen molar-refractivity contribution in [2.75, 3.05) is 0 Å². The minimum Gasteiger partial charge on any atom is -0.467 e. The van der Waals surface area contributed by atoms with Crippen LogP contribution in [0.1, 0.15) is 55.3 Å². The number of fused-ring (bicyclic) bond motifs is 3. The third-order valence-electron chi connectivity index (χ3n) is 6.37. The summed E-state index contributed by atoms with van der Waals surface area (Å²) in [6.45, 7) is 2.46. The molecule has 7 heteroatoms. The van der Waals surface area contributed by atoms with E-state index < -0.39 is 5.54 Å². The molecule has 1 atom stereocenters. The second kappa shape index (κ2) is 6.83. The molecule has 2 aliphatic rings. The minimum atomic E-state index is -1.03. The largest absolute Gasteiger partial charge is 0.467 e. The topological polar surface area (TPSA) is 80.6 Å². The Bertz CT molecular complexity index is 1040. The Morgan fingerprint density at radius 3 is 2.79 bits per heavy atom. The van der Waals surface area contributed by atoms with Gasteiger partial charge in [0.05, 0.1) is 31.1 Å². The lowest BCUT2D eigenvalue weighted by atomic mass is 9.91. The zero-order valence-corrected chi connectivity index (χ0v) is 16.5. The van der Waals surface area contributed by atoms with E-state index >= 15 is 0 Å². The van der Waals surface area contributed by atoms with E-state index in [0.717, 1.165) is 31.2 Å². The lowest BCUT2D eigenvalue weighted by Crippen LogP contribution is -2.64.